The van der Waals surface area contributed by atoms with Gasteiger partial charge >= 0.3 is 0 Å². The van der Waals surface area contributed by atoms with Crippen LogP contribution in [0.3, 0.4) is 0 Å². The van der Waals surface area contributed by atoms with Gasteiger partial charge in [0.05, 0.1) is 10.6 Å². The molecule has 0 amide bonds. The summed E-state index contributed by atoms with van der Waals surface area (Å²) < 4.78 is 29.8. The molecule has 4 rings (SSSR count). The summed E-state index contributed by atoms with van der Waals surface area (Å²) in [6.07, 6.45) is 4.94. The Morgan fingerprint density at radius 3 is 2.61 bits per heavy atom. The molecule has 1 aliphatic rings. The van der Waals surface area contributed by atoms with Crippen molar-refractivity contribution in [3.8, 4) is 0 Å². The third-order valence-corrected chi connectivity index (χ3v) is 7.47. The van der Waals surface area contributed by atoms with Crippen molar-refractivity contribution >= 4 is 20.9 Å². The van der Waals surface area contributed by atoms with E-state index in [9.17, 15) is 8.42 Å². The molecule has 1 unspecified atom stereocenters. The highest BCUT2D eigenvalue weighted by molar-refractivity contribution is 7.91. The van der Waals surface area contributed by atoms with E-state index in [1.54, 1.807) is 25.3 Å². The Morgan fingerprint density at radius 2 is 1.93 bits per heavy atom. The maximum Gasteiger partial charge on any atom is 0.178 e. The molecule has 0 spiro atoms. The number of benzene rings is 1. The minimum atomic E-state index is -3.19. The predicted octanol–water partition coefficient (Wildman–Crippen LogP) is 4.31. The second-order valence-corrected chi connectivity index (χ2v) is 9.76. The van der Waals surface area contributed by atoms with E-state index in [4.69, 9.17) is 4.74 Å². The highest BCUT2D eigenvalue weighted by Gasteiger charge is 2.24. The Labute approximate surface area is 166 Å². The van der Waals surface area contributed by atoms with E-state index in [2.05, 4.69) is 22.1 Å². The van der Waals surface area contributed by atoms with E-state index in [-0.39, 0.29) is 11.7 Å². The average Bonchev–Trinajstić information content (AvgIpc) is 3.17. The lowest BCUT2D eigenvalue weighted by Gasteiger charge is -2.26. The van der Waals surface area contributed by atoms with Crippen molar-refractivity contribution in [1.29, 1.82) is 0 Å². The fourth-order valence-corrected chi connectivity index (χ4v) is 4.88. The van der Waals surface area contributed by atoms with Gasteiger partial charge in [0.25, 0.3) is 0 Å². The number of ether oxygens (including phenoxy) is 1. The van der Waals surface area contributed by atoms with Gasteiger partial charge in [-0.3, -0.25) is 0 Å². The van der Waals surface area contributed by atoms with Crippen molar-refractivity contribution in [2.24, 2.45) is 5.92 Å². The van der Waals surface area contributed by atoms with Gasteiger partial charge in [-0.25, -0.2) is 13.4 Å². The molecule has 3 heterocycles. The fraction of sp³-hybridized carbons (Fsp3) is 0.409. The number of aromatic nitrogens is 2. The topological polar surface area (TPSA) is 72.1 Å². The molecule has 1 atom stereocenters. The molecule has 1 N–H and O–H groups in total. The van der Waals surface area contributed by atoms with Gasteiger partial charge in [0.1, 0.15) is 5.65 Å². The molecule has 3 aromatic rings. The lowest BCUT2D eigenvalue weighted by atomic mass is 9.83. The Bertz CT molecular complexity index is 1000. The molecule has 1 saturated heterocycles. The van der Waals surface area contributed by atoms with Gasteiger partial charge in [0, 0.05) is 36.4 Å². The zero-order valence-corrected chi connectivity index (χ0v) is 16.9. The first-order valence-corrected chi connectivity index (χ1v) is 11.6. The summed E-state index contributed by atoms with van der Waals surface area (Å²) in [5, 5.41) is 1.10. The van der Waals surface area contributed by atoms with Gasteiger partial charge in [-0.1, -0.05) is 19.1 Å². The monoisotopic (exact) mass is 398 g/mol. The molecule has 148 valence electrons. The van der Waals surface area contributed by atoms with Crippen molar-refractivity contribution in [3.63, 3.8) is 0 Å². The number of hydrogen-bond donors (Lipinski definition) is 1. The van der Waals surface area contributed by atoms with Crippen LogP contribution in [0.5, 0.6) is 0 Å². The number of nitrogens with zero attached hydrogens (tertiary/aromatic N) is 1. The van der Waals surface area contributed by atoms with Crippen LogP contribution in [0.15, 0.2) is 53.6 Å². The number of H-pyrrole nitrogens is 1. The van der Waals surface area contributed by atoms with E-state index in [1.165, 1.54) is 0 Å². The summed E-state index contributed by atoms with van der Waals surface area (Å²) in [5.41, 5.74) is 3.15. The minimum absolute atomic E-state index is 0.117. The van der Waals surface area contributed by atoms with Crippen molar-refractivity contribution in [2.75, 3.05) is 19.0 Å². The van der Waals surface area contributed by atoms with Crippen LogP contribution < -0.4 is 0 Å². The van der Waals surface area contributed by atoms with Crippen molar-refractivity contribution in [3.05, 3.63) is 59.9 Å². The normalized spacial score (nSPS) is 17.0. The van der Waals surface area contributed by atoms with Gasteiger partial charge in [-0.2, -0.15) is 0 Å². The first-order valence-electron chi connectivity index (χ1n) is 9.91. The Balaban J connectivity index is 1.69. The number of nitrogens with one attached hydrogen (secondary N) is 1. The Morgan fingerprint density at radius 1 is 1.18 bits per heavy atom. The van der Waals surface area contributed by atoms with Gasteiger partial charge in [0.2, 0.25) is 0 Å². The molecule has 0 saturated carbocycles. The predicted molar refractivity (Wildman–Crippen MR) is 110 cm³/mol. The first kappa shape index (κ1) is 19.2. The summed E-state index contributed by atoms with van der Waals surface area (Å²) in [6, 6.07) is 13.6. The van der Waals surface area contributed by atoms with Crippen LogP contribution in [0.2, 0.25) is 0 Å². The molecule has 1 aromatic carbocycles. The van der Waals surface area contributed by atoms with E-state index in [1.807, 2.05) is 18.2 Å². The molecule has 1 fully saturated rings. The number of aromatic amines is 1. The van der Waals surface area contributed by atoms with Crippen molar-refractivity contribution < 1.29 is 13.2 Å². The van der Waals surface area contributed by atoms with E-state index < -0.39 is 9.84 Å². The smallest absolute Gasteiger partial charge is 0.178 e. The van der Waals surface area contributed by atoms with Crippen LogP contribution in [0.25, 0.3) is 11.0 Å². The third kappa shape index (κ3) is 3.98. The number of fused-ring (bicyclic) bond motifs is 1. The highest BCUT2D eigenvalue weighted by Crippen LogP contribution is 2.35. The summed E-state index contributed by atoms with van der Waals surface area (Å²) >= 11 is 0. The maximum atomic E-state index is 12.2. The lowest BCUT2D eigenvalue weighted by Crippen LogP contribution is -2.18. The van der Waals surface area contributed by atoms with Crippen LogP contribution in [0.1, 0.15) is 43.4 Å². The third-order valence-electron chi connectivity index (χ3n) is 5.72. The molecule has 5 nitrogen and oxygen atoms in total. The maximum absolute atomic E-state index is 12.2. The van der Waals surface area contributed by atoms with Crippen LogP contribution in [0, 0.1) is 5.92 Å². The fourth-order valence-electron chi connectivity index (χ4n) is 4.00. The summed E-state index contributed by atoms with van der Waals surface area (Å²) in [7, 11) is -3.19. The Kier molecular flexibility index (Phi) is 5.51. The number of rotatable bonds is 6. The van der Waals surface area contributed by atoms with Gasteiger partial charge < -0.3 is 9.72 Å². The molecular formula is C22H26N2O3S. The average molecular weight is 399 g/mol. The molecule has 0 aliphatic carbocycles. The Hall–Kier alpha value is -2.18. The van der Waals surface area contributed by atoms with Crippen LogP contribution in [0.4, 0.5) is 0 Å². The molecular weight excluding hydrogens is 372 g/mol. The number of pyridine rings is 1. The van der Waals surface area contributed by atoms with Crippen LogP contribution in [-0.2, 0) is 14.6 Å². The van der Waals surface area contributed by atoms with Gasteiger partial charge in [-0.15, -0.1) is 0 Å². The quantitative estimate of drug-likeness (QED) is 0.672. The molecule has 6 heteroatoms. The molecule has 0 bridgehead atoms. The highest BCUT2D eigenvalue weighted by atomic mass is 32.2. The van der Waals surface area contributed by atoms with Crippen LogP contribution in [-0.4, -0.2) is 37.4 Å². The number of sulfone groups is 1. The standard InChI is InChI=1S/C22H26N2O3S/c1-2-28(25,26)19-7-5-17(6-8-19)20(14-16-9-12-27-13-10-16)21-15-18-4-3-11-23-22(18)24-21/h3-8,11,15-16,20H,2,9-10,12-14H2,1H3,(H,23,24). The van der Waals surface area contributed by atoms with E-state index >= 15 is 0 Å². The largest absolute Gasteiger partial charge is 0.381 e. The molecule has 28 heavy (non-hydrogen) atoms. The zero-order chi connectivity index (χ0) is 19.6. The zero-order valence-electron chi connectivity index (χ0n) is 16.1. The van der Waals surface area contributed by atoms with Crippen LogP contribution >= 0.6 is 0 Å². The number of hydrogen-bond acceptors (Lipinski definition) is 4. The molecule has 2 aromatic heterocycles. The van der Waals surface area contributed by atoms with Crippen molar-refractivity contribution in [1.82, 2.24) is 9.97 Å². The molecule has 0 radical (unpaired) electrons. The van der Waals surface area contributed by atoms with Crippen molar-refractivity contribution in [2.45, 2.75) is 37.0 Å². The lowest BCUT2D eigenvalue weighted by molar-refractivity contribution is 0.0626. The van der Waals surface area contributed by atoms with Gasteiger partial charge in [0.15, 0.2) is 9.84 Å². The first-order chi connectivity index (χ1) is 13.6. The van der Waals surface area contributed by atoms with E-state index in [0.29, 0.717) is 10.8 Å². The summed E-state index contributed by atoms with van der Waals surface area (Å²) in [4.78, 5) is 8.30. The van der Waals surface area contributed by atoms with Gasteiger partial charge in [-0.05, 0) is 61.1 Å². The summed E-state index contributed by atoms with van der Waals surface area (Å²) in [5.74, 6) is 0.888. The molecule has 1 aliphatic heterocycles. The van der Waals surface area contributed by atoms with E-state index in [0.717, 1.165) is 54.8 Å². The second-order valence-electron chi connectivity index (χ2n) is 7.48. The second kappa shape index (κ2) is 8.05. The SMILES string of the molecule is CCS(=O)(=O)c1ccc(C(CC2CCOCC2)c2cc3cccnc3[nH]2)cc1. The summed E-state index contributed by atoms with van der Waals surface area (Å²) in [6.45, 7) is 3.31. The minimum Gasteiger partial charge on any atom is -0.381 e.